The Morgan fingerprint density at radius 1 is 1.27 bits per heavy atom. The highest BCUT2D eigenvalue weighted by molar-refractivity contribution is 6.31. The Balaban J connectivity index is 1.60. The van der Waals surface area contributed by atoms with Gasteiger partial charge in [0.25, 0.3) is 0 Å². The number of H-pyrrole nitrogens is 1. The lowest BCUT2D eigenvalue weighted by Gasteiger charge is -2.30. The van der Waals surface area contributed by atoms with Gasteiger partial charge in [0.05, 0.1) is 25.3 Å². The molecule has 1 saturated heterocycles. The topological polar surface area (TPSA) is 101 Å². The molecular weight excluding hydrogens is 410 g/mol. The Hall–Kier alpha value is -2.58. The number of nitrogens with zero attached hydrogens (tertiary/aromatic N) is 1. The van der Waals surface area contributed by atoms with Crippen LogP contribution in [0.4, 0.5) is 5.69 Å². The third kappa shape index (κ3) is 5.12. The summed E-state index contributed by atoms with van der Waals surface area (Å²) in [6, 6.07) is 5.13. The average Bonchev–Trinajstić information content (AvgIpc) is 3.09. The lowest BCUT2D eigenvalue weighted by atomic mass is 9.97. The average molecular weight is 436 g/mol. The Bertz CT molecular complexity index is 934. The van der Waals surface area contributed by atoms with Crippen LogP contribution in [0.3, 0.4) is 0 Å². The second kappa shape index (κ2) is 9.95. The number of rotatable bonds is 7. The zero-order chi connectivity index (χ0) is 21.7. The summed E-state index contributed by atoms with van der Waals surface area (Å²) >= 11 is 6.08. The van der Waals surface area contributed by atoms with Crippen LogP contribution in [-0.4, -0.2) is 61.1 Å². The first-order valence-electron chi connectivity index (χ1n) is 10.0. The van der Waals surface area contributed by atoms with Gasteiger partial charge >= 0.3 is 11.9 Å². The predicted molar refractivity (Wildman–Crippen MR) is 114 cm³/mol. The maximum absolute atomic E-state index is 12.6. The molecule has 30 heavy (non-hydrogen) atoms. The number of hydrogen-bond acceptors (Lipinski definition) is 6. The number of hydrogen-bond donors (Lipinski definition) is 2. The Kier molecular flexibility index (Phi) is 7.33. The molecule has 1 aliphatic heterocycles. The number of amides is 1. The quantitative estimate of drug-likeness (QED) is 0.647. The summed E-state index contributed by atoms with van der Waals surface area (Å²) in [5.74, 6) is -0.982. The van der Waals surface area contributed by atoms with Crippen molar-refractivity contribution in [2.75, 3.05) is 38.7 Å². The SMILES string of the molecule is CCOC(=O)C1CCN(CCC(=O)Nc2c(C(=O)OC)[nH]c3ccc(Cl)cc23)CC1. The van der Waals surface area contributed by atoms with Gasteiger partial charge in [0.2, 0.25) is 5.91 Å². The second-order valence-corrected chi connectivity index (χ2v) is 7.66. The largest absolute Gasteiger partial charge is 0.466 e. The van der Waals surface area contributed by atoms with Crippen LogP contribution in [0.15, 0.2) is 18.2 Å². The maximum atomic E-state index is 12.6. The van der Waals surface area contributed by atoms with Crippen molar-refractivity contribution in [3.8, 4) is 0 Å². The van der Waals surface area contributed by atoms with Crippen molar-refractivity contribution in [2.45, 2.75) is 26.2 Å². The third-order valence-corrected chi connectivity index (χ3v) is 5.51. The van der Waals surface area contributed by atoms with Gasteiger partial charge in [0.1, 0.15) is 5.69 Å². The summed E-state index contributed by atoms with van der Waals surface area (Å²) in [5.41, 5.74) is 1.22. The van der Waals surface area contributed by atoms with E-state index in [0.717, 1.165) is 25.9 Å². The lowest BCUT2D eigenvalue weighted by Crippen LogP contribution is -2.38. The van der Waals surface area contributed by atoms with Gasteiger partial charge in [-0.05, 0) is 51.1 Å². The molecule has 3 rings (SSSR count). The van der Waals surface area contributed by atoms with Crippen LogP contribution in [0, 0.1) is 5.92 Å². The van der Waals surface area contributed by atoms with Gasteiger partial charge < -0.3 is 24.7 Å². The van der Waals surface area contributed by atoms with Crippen LogP contribution in [0.2, 0.25) is 5.02 Å². The van der Waals surface area contributed by atoms with E-state index in [1.54, 1.807) is 25.1 Å². The monoisotopic (exact) mass is 435 g/mol. The van der Waals surface area contributed by atoms with E-state index in [2.05, 4.69) is 15.2 Å². The van der Waals surface area contributed by atoms with Crippen molar-refractivity contribution in [3.05, 3.63) is 28.9 Å². The van der Waals surface area contributed by atoms with Crippen molar-refractivity contribution in [1.29, 1.82) is 0 Å². The van der Waals surface area contributed by atoms with Crippen LogP contribution in [0.5, 0.6) is 0 Å². The summed E-state index contributed by atoms with van der Waals surface area (Å²) in [5, 5.41) is 3.97. The number of carbonyl (C=O) groups is 3. The van der Waals surface area contributed by atoms with Gasteiger partial charge in [-0.25, -0.2) is 4.79 Å². The number of nitrogens with one attached hydrogen (secondary N) is 2. The molecule has 1 aromatic heterocycles. The molecule has 2 heterocycles. The van der Waals surface area contributed by atoms with Gasteiger partial charge in [-0.2, -0.15) is 0 Å². The minimum absolute atomic E-state index is 0.0615. The molecule has 0 spiro atoms. The van der Waals surface area contributed by atoms with E-state index in [4.69, 9.17) is 21.1 Å². The summed E-state index contributed by atoms with van der Waals surface area (Å²) in [6.07, 6.45) is 1.72. The summed E-state index contributed by atoms with van der Waals surface area (Å²) < 4.78 is 9.90. The van der Waals surface area contributed by atoms with E-state index in [1.807, 2.05) is 0 Å². The Labute approximate surface area is 179 Å². The van der Waals surface area contributed by atoms with Crippen molar-refractivity contribution in [3.63, 3.8) is 0 Å². The van der Waals surface area contributed by atoms with Crippen LogP contribution in [0.25, 0.3) is 10.9 Å². The van der Waals surface area contributed by atoms with Crippen molar-refractivity contribution < 1.29 is 23.9 Å². The number of ether oxygens (including phenoxy) is 2. The molecule has 8 nitrogen and oxygen atoms in total. The fourth-order valence-corrected chi connectivity index (χ4v) is 3.84. The first-order chi connectivity index (χ1) is 14.4. The van der Waals surface area contributed by atoms with E-state index < -0.39 is 5.97 Å². The molecule has 2 N–H and O–H groups in total. The fraction of sp³-hybridized carbons (Fsp3) is 0.476. The molecule has 1 fully saturated rings. The number of benzene rings is 1. The van der Waals surface area contributed by atoms with Crippen molar-refractivity contribution in [1.82, 2.24) is 9.88 Å². The first kappa shape index (κ1) is 22.1. The number of likely N-dealkylation sites (tertiary alicyclic amines) is 1. The Morgan fingerprint density at radius 2 is 2.00 bits per heavy atom. The number of fused-ring (bicyclic) bond motifs is 1. The first-order valence-corrected chi connectivity index (χ1v) is 10.4. The molecular formula is C21H26ClN3O5. The number of esters is 2. The molecule has 0 unspecified atom stereocenters. The van der Waals surface area contributed by atoms with Gasteiger partial charge in [0, 0.05) is 28.9 Å². The normalized spacial score (nSPS) is 15.2. The molecule has 9 heteroatoms. The smallest absolute Gasteiger partial charge is 0.356 e. The second-order valence-electron chi connectivity index (χ2n) is 7.22. The molecule has 0 saturated carbocycles. The zero-order valence-electron chi connectivity index (χ0n) is 17.1. The van der Waals surface area contributed by atoms with Crippen molar-refractivity contribution >= 4 is 46.0 Å². The van der Waals surface area contributed by atoms with Crippen LogP contribution >= 0.6 is 11.6 Å². The van der Waals surface area contributed by atoms with Crippen LogP contribution < -0.4 is 5.32 Å². The summed E-state index contributed by atoms with van der Waals surface area (Å²) in [4.78, 5) is 41.7. The van der Waals surface area contributed by atoms with E-state index in [-0.39, 0.29) is 29.9 Å². The number of methoxy groups -OCH3 is 1. The van der Waals surface area contributed by atoms with Crippen molar-refractivity contribution in [2.24, 2.45) is 5.92 Å². The Morgan fingerprint density at radius 3 is 2.67 bits per heavy atom. The lowest BCUT2D eigenvalue weighted by molar-refractivity contribution is -0.149. The highest BCUT2D eigenvalue weighted by atomic mass is 35.5. The molecule has 0 bridgehead atoms. The van der Waals surface area contributed by atoms with E-state index in [0.29, 0.717) is 34.8 Å². The minimum atomic E-state index is -0.571. The standard InChI is InChI=1S/C21H26ClN3O5/c1-3-30-20(27)13-6-9-25(10-7-13)11-8-17(26)24-18-15-12-14(22)4-5-16(15)23-19(18)21(28)29-2/h4-5,12-13,23H,3,6-11H2,1-2H3,(H,24,26). The third-order valence-electron chi connectivity index (χ3n) is 5.28. The summed E-state index contributed by atoms with van der Waals surface area (Å²) in [7, 11) is 1.28. The fourth-order valence-electron chi connectivity index (χ4n) is 3.66. The molecule has 0 radical (unpaired) electrons. The molecule has 0 atom stereocenters. The highest BCUT2D eigenvalue weighted by Crippen LogP contribution is 2.31. The predicted octanol–water partition coefficient (Wildman–Crippen LogP) is 3.21. The minimum Gasteiger partial charge on any atom is -0.466 e. The van der Waals surface area contributed by atoms with Gasteiger partial charge in [-0.15, -0.1) is 0 Å². The molecule has 1 aromatic carbocycles. The highest BCUT2D eigenvalue weighted by Gasteiger charge is 2.26. The molecule has 0 aliphatic carbocycles. The van der Waals surface area contributed by atoms with E-state index in [1.165, 1.54) is 7.11 Å². The number of piperidine rings is 1. The number of aromatic nitrogens is 1. The van der Waals surface area contributed by atoms with Gasteiger partial charge in [0.15, 0.2) is 0 Å². The molecule has 1 amide bonds. The van der Waals surface area contributed by atoms with Crippen LogP contribution in [0.1, 0.15) is 36.7 Å². The molecule has 162 valence electrons. The number of halogens is 1. The molecule has 2 aromatic rings. The number of anilines is 1. The van der Waals surface area contributed by atoms with E-state index in [9.17, 15) is 14.4 Å². The zero-order valence-corrected chi connectivity index (χ0v) is 17.9. The number of carbonyl (C=O) groups excluding carboxylic acids is 3. The molecule has 1 aliphatic rings. The van der Waals surface area contributed by atoms with Gasteiger partial charge in [-0.3, -0.25) is 9.59 Å². The van der Waals surface area contributed by atoms with Gasteiger partial charge in [-0.1, -0.05) is 11.6 Å². The van der Waals surface area contributed by atoms with Crippen LogP contribution in [-0.2, 0) is 19.1 Å². The summed E-state index contributed by atoms with van der Waals surface area (Å²) in [6.45, 7) is 4.25. The number of aromatic amines is 1. The van der Waals surface area contributed by atoms with E-state index >= 15 is 0 Å². The maximum Gasteiger partial charge on any atom is 0.356 e.